The molecule has 4 nitrogen and oxygen atoms in total. The second kappa shape index (κ2) is 7.36. The maximum Gasteiger partial charge on any atom is 0.119 e. The number of likely N-dealkylation sites (tertiary alicyclic amines) is 1. The van der Waals surface area contributed by atoms with E-state index in [1.165, 1.54) is 25.9 Å². The van der Waals surface area contributed by atoms with E-state index in [4.69, 9.17) is 4.74 Å². The third-order valence-electron chi connectivity index (χ3n) is 4.03. The Morgan fingerprint density at radius 1 is 1.00 bits per heavy atom. The Labute approximate surface area is 132 Å². The zero-order valence-corrected chi connectivity index (χ0v) is 13.2. The first-order chi connectivity index (χ1) is 10.8. The lowest BCUT2D eigenvalue weighted by atomic mass is 10.1. The Bertz CT molecular complexity index is 574. The van der Waals surface area contributed by atoms with E-state index < -0.39 is 0 Å². The van der Waals surface area contributed by atoms with Gasteiger partial charge in [0.2, 0.25) is 0 Å². The van der Waals surface area contributed by atoms with Gasteiger partial charge in [-0.15, -0.1) is 0 Å². The van der Waals surface area contributed by atoms with Crippen LogP contribution in [0, 0.1) is 6.92 Å². The van der Waals surface area contributed by atoms with Gasteiger partial charge in [0.25, 0.3) is 0 Å². The van der Waals surface area contributed by atoms with Gasteiger partial charge in [-0.05, 0) is 75.7 Å². The highest BCUT2D eigenvalue weighted by atomic mass is 16.5. The van der Waals surface area contributed by atoms with Crippen LogP contribution in [0.3, 0.4) is 0 Å². The largest absolute Gasteiger partial charge is 0.494 e. The summed E-state index contributed by atoms with van der Waals surface area (Å²) < 4.78 is 5.81. The molecule has 1 saturated heterocycles. The fourth-order valence-corrected chi connectivity index (χ4v) is 2.76. The Hall–Kier alpha value is -1.94. The second-order valence-corrected chi connectivity index (χ2v) is 5.84. The van der Waals surface area contributed by atoms with Crippen LogP contribution in [0.4, 0.5) is 0 Å². The molecule has 0 atom stereocenters. The van der Waals surface area contributed by atoms with Crippen molar-refractivity contribution in [3.05, 3.63) is 42.1 Å². The third-order valence-corrected chi connectivity index (χ3v) is 4.03. The molecule has 3 rings (SSSR count). The van der Waals surface area contributed by atoms with E-state index in [1.54, 1.807) is 0 Å². The summed E-state index contributed by atoms with van der Waals surface area (Å²) in [7, 11) is 0. The molecule has 0 saturated carbocycles. The highest BCUT2D eigenvalue weighted by Crippen LogP contribution is 2.20. The Morgan fingerprint density at radius 2 is 1.77 bits per heavy atom. The number of nitrogens with zero attached hydrogens (tertiary/aromatic N) is 3. The number of aryl methyl sites for hydroxylation is 1. The number of benzene rings is 1. The van der Waals surface area contributed by atoms with Crippen molar-refractivity contribution in [2.24, 2.45) is 0 Å². The molecule has 0 radical (unpaired) electrons. The second-order valence-electron chi connectivity index (χ2n) is 5.84. The predicted molar refractivity (Wildman–Crippen MR) is 88.0 cm³/mol. The van der Waals surface area contributed by atoms with E-state index >= 15 is 0 Å². The zero-order valence-electron chi connectivity index (χ0n) is 13.2. The maximum atomic E-state index is 5.81. The fraction of sp³-hybridized carbons (Fsp3) is 0.444. The Kier molecular flexibility index (Phi) is 5.01. The average Bonchev–Trinajstić information content (AvgIpc) is 3.06. The number of aromatic nitrogens is 2. The van der Waals surface area contributed by atoms with Crippen molar-refractivity contribution in [3.8, 4) is 17.0 Å². The normalized spacial score (nSPS) is 15.1. The van der Waals surface area contributed by atoms with Crippen LogP contribution in [0.5, 0.6) is 5.75 Å². The molecule has 2 heterocycles. The van der Waals surface area contributed by atoms with Gasteiger partial charge in [0.1, 0.15) is 5.75 Å². The van der Waals surface area contributed by atoms with Crippen molar-refractivity contribution in [1.29, 1.82) is 0 Å². The van der Waals surface area contributed by atoms with Crippen molar-refractivity contribution in [2.45, 2.75) is 26.2 Å². The molecule has 0 spiro atoms. The van der Waals surface area contributed by atoms with E-state index in [1.807, 2.05) is 43.3 Å². The molecular weight excluding hydrogens is 274 g/mol. The van der Waals surface area contributed by atoms with E-state index in [0.717, 1.165) is 42.3 Å². The van der Waals surface area contributed by atoms with E-state index in [9.17, 15) is 0 Å². The van der Waals surface area contributed by atoms with Crippen LogP contribution in [0.2, 0.25) is 0 Å². The van der Waals surface area contributed by atoms with Gasteiger partial charge in [0.15, 0.2) is 0 Å². The molecule has 0 unspecified atom stereocenters. The minimum Gasteiger partial charge on any atom is -0.494 e. The summed E-state index contributed by atoms with van der Waals surface area (Å²) in [5.74, 6) is 0.922. The van der Waals surface area contributed by atoms with Crippen molar-refractivity contribution < 1.29 is 4.74 Å². The van der Waals surface area contributed by atoms with Crippen molar-refractivity contribution in [2.75, 3.05) is 26.2 Å². The highest BCUT2D eigenvalue weighted by molar-refractivity contribution is 5.59. The van der Waals surface area contributed by atoms with Crippen molar-refractivity contribution in [3.63, 3.8) is 0 Å². The standard InChI is InChI=1S/C18H23N3O/c1-15-5-10-18(20-19-15)16-6-8-17(9-7-16)22-14-4-13-21-11-2-3-12-21/h5-10H,2-4,11-14H2,1H3. The molecule has 22 heavy (non-hydrogen) atoms. The number of rotatable bonds is 6. The van der Waals surface area contributed by atoms with E-state index in [-0.39, 0.29) is 0 Å². The van der Waals surface area contributed by atoms with Crippen LogP contribution in [0.25, 0.3) is 11.3 Å². The zero-order chi connectivity index (χ0) is 15.2. The van der Waals surface area contributed by atoms with Gasteiger partial charge in [-0.2, -0.15) is 10.2 Å². The molecule has 0 amide bonds. The Balaban J connectivity index is 1.47. The van der Waals surface area contributed by atoms with Crippen LogP contribution in [0.15, 0.2) is 36.4 Å². The molecule has 1 fully saturated rings. The summed E-state index contributed by atoms with van der Waals surface area (Å²) in [6, 6.07) is 12.1. The third kappa shape index (κ3) is 4.04. The molecule has 2 aromatic rings. The fourth-order valence-electron chi connectivity index (χ4n) is 2.76. The molecule has 1 aromatic heterocycles. The first-order valence-corrected chi connectivity index (χ1v) is 8.07. The lowest BCUT2D eigenvalue weighted by Crippen LogP contribution is -2.21. The molecule has 4 heteroatoms. The Morgan fingerprint density at radius 3 is 2.45 bits per heavy atom. The summed E-state index contributed by atoms with van der Waals surface area (Å²) in [6.45, 7) is 6.38. The molecule has 1 aliphatic heterocycles. The van der Waals surface area contributed by atoms with Gasteiger partial charge in [-0.25, -0.2) is 0 Å². The smallest absolute Gasteiger partial charge is 0.119 e. The van der Waals surface area contributed by atoms with E-state index in [2.05, 4.69) is 15.1 Å². The summed E-state index contributed by atoms with van der Waals surface area (Å²) in [6.07, 6.45) is 3.79. The average molecular weight is 297 g/mol. The van der Waals surface area contributed by atoms with Crippen LogP contribution >= 0.6 is 0 Å². The molecule has 0 N–H and O–H groups in total. The summed E-state index contributed by atoms with van der Waals surface area (Å²) in [5, 5.41) is 8.29. The van der Waals surface area contributed by atoms with Crippen LogP contribution in [0.1, 0.15) is 25.0 Å². The monoisotopic (exact) mass is 297 g/mol. The molecule has 1 aromatic carbocycles. The minimum atomic E-state index is 0.778. The van der Waals surface area contributed by atoms with Crippen molar-refractivity contribution in [1.82, 2.24) is 15.1 Å². The predicted octanol–water partition coefficient (Wildman–Crippen LogP) is 3.32. The van der Waals surface area contributed by atoms with Crippen molar-refractivity contribution >= 4 is 0 Å². The first kappa shape index (κ1) is 15.0. The number of hydrogen-bond acceptors (Lipinski definition) is 4. The number of ether oxygens (including phenoxy) is 1. The van der Waals surface area contributed by atoms with E-state index in [0.29, 0.717) is 0 Å². The van der Waals surface area contributed by atoms with Gasteiger partial charge < -0.3 is 9.64 Å². The maximum absolute atomic E-state index is 5.81. The summed E-state index contributed by atoms with van der Waals surface area (Å²) in [4.78, 5) is 2.52. The molecular formula is C18H23N3O. The highest BCUT2D eigenvalue weighted by Gasteiger charge is 2.10. The minimum absolute atomic E-state index is 0.778. The van der Waals surface area contributed by atoms with Gasteiger partial charge in [-0.3, -0.25) is 0 Å². The lowest BCUT2D eigenvalue weighted by Gasteiger charge is -2.14. The first-order valence-electron chi connectivity index (χ1n) is 8.07. The van der Waals surface area contributed by atoms with Gasteiger partial charge in [0, 0.05) is 12.1 Å². The summed E-state index contributed by atoms with van der Waals surface area (Å²) in [5.41, 5.74) is 2.89. The quantitative estimate of drug-likeness (QED) is 0.767. The number of hydrogen-bond donors (Lipinski definition) is 0. The molecule has 0 bridgehead atoms. The molecule has 0 aliphatic carbocycles. The van der Waals surface area contributed by atoms with Gasteiger partial charge >= 0.3 is 0 Å². The van der Waals surface area contributed by atoms with Crippen LogP contribution in [-0.2, 0) is 0 Å². The topological polar surface area (TPSA) is 38.2 Å². The molecule has 116 valence electrons. The molecule has 1 aliphatic rings. The van der Waals surface area contributed by atoms with Crippen LogP contribution < -0.4 is 4.74 Å². The summed E-state index contributed by atoms with van der Waals surface area (Å²) >= 11 is 0. The van der Waals surface area contributed by atoms with Gasteiger partial charge in [0.05, 0.1) is 18.0 Å². The van der Waals surface area contributed by atoms with Gasteiger partial charge in [-0.1, -0.05) is 0 Å². The SMILES string of the molecule is Cc1ccc(-c2ccc(OCCCN3CCCC3)cc2)nn1. The lowest BCUT2D eigenvalue weighted by molar-refractivity contribution is 0.263. The van der Waals surface area contributed by atoms with Crippen LogP contribution in [-0.4, -0.2) is 41.3 Å².